The first-order chi connectivity index (χ1) is 8.07. The summed E-state index contributed by atoms with van der Waals surface area (Å²) >= 11 is 5.84. The fourth-order valence-corrected chi connectivity index (χ4v) is 2.12. The van der Waals surface area contributed by atoms with Gasteiger partial charge in [-0.2, -0.15) is 0 Å². The summed E-state index contributed by atoms with van der Waals surface area (Å²) in [6.45, 7) is 3.77. The molecule has 1 heterocycles. The Bertz CT molecular complexity index is 416. The molecule has 1 aliphatic rings. The van der Waals surface area contributed by atoms with Crippen molar-refractivity contribution in [1.29, 1.82) is 0 Å². The molecule has 2 amide bonds. The zero-order valence-electron chi connectivity index (χ0n) is 9.72. The van der Waals surface area contributed by atoms with Gasteiger partial charge in [0.1, 0.15) is 0 Å². The quantitative estimate of drug-likeness (QED) is 0.757. The second kappa shape index (κ2) is 4.94. The van der Waals surface area contributed by atoms with Gasteiger partial charge in [0.15, 0.2) is 0 Å². The van der Waals surface area contributed by atoms with E-state index in [0.29, 0.717) is 10.7 Å². The minimum atomic E-state index is -0.196. The van der Waals surface area contributed by atoms with E-state index in [1.165, 1.54) is 0 Å². The van der Waals surface area contributed by atoms with E-state index in [9.17, 15) is 4.79 Å². The van der Waals surface area contributed by atoms with Crippen molar-refractivity contribution in [2.24, 2.45) is 0 Å². The first kappa shape index (κ1) is 12.2. The summed E-state index contributed by atoms with van der Waals surface area (Å²) in [6.07, 6.45) is 0.940. The fraction of sp³-hybridized carbons (Fsp3) is 0.417. The SMILES string of the molecule is CC1(NC(=O)Nc2cccc(Cl)c2)CCNC1. The van der Waals surface area contributed by atoms with Crippen LogP contribution in [0.25, 0.3) is 0 Å². The van der Waals surface area contributed by atoms with E-state index in [-0.39, 0.29) is 11.6 Å². The molecule has 0 radical (unpaired) electrons. The van der Waals surface area contributed by atoms with E-state index in [2.05, 4.69) is 16.0 Å². The number of carbonyl (C=O) groups is 1. The monoisotopic (exact) mass is 253 g/mol. The van der Waals surface area contributed by atoms with Crippen LogP contribution in [0.1, 0.15) is 13.3 Å². The summed E-state index contributed by atoms with van der Waals surface area (Å²) in [4.78, 5) is 11.8. The maximum absolute atomic E-state index is 11.8. The van der Waals surface area contributed by atoms with Gasteiger partial charge in [-0.15, -0.1) is 0 Å². The van der Waals surface area contributed by atoms with Gasteiger partial charge in [0.05, 0.1) is 5.54 Å². The summed E-state index contributed by atoms with van der Waals surface area (Å²) < 4.78 is 0. The third-order valence-corrected chi connectivity index (χ3v) is 3.10. The van der Waals surface area contributed by atoms with Crippen molar-refractivity contribution >= 4 is 23.3 Å². The summed E-state index contributed by atoms with van der Waals surface area (Å²) in [5, 5.41) is 9.58. The van der Waals surface area contributed by atoms with Crippen LogP contribution in [0, 0.1) is 0 Å². The topological polar surface area (TPSA) is 53.2 Å². The Morgan fingerprint density at radius 2 is 2.35 bits per heavy atom. The Kier molecular flexibility index (Phi) is 3.54. The molecule has 1 aromatic carbocycles. The van der Waals surface area contributed by atoms with Crippen molar-refractivity contribution in [2.45, 2.75) is 18.9 Å². The van der Waals surface area contributed by atoms with Crippen LogP contribution in [-0.2, 0) is 0 Å². The van der Waals surface area contributed by atoms with Gasteiger partial charge in [-0.25, -0.2) is 4.79 Å². The van der Waals surface area contributed by atoms with Gasteiger partial charge >= 0.3 is 6.03 Å². The average molecular weight is 254 g/mol. The summed E-state index contributed by atoms with van der Waals surface area (Å²) in [5.41, 5.74) is 0.535. The molecule has 3 N–H and O–H groups in total. The molecule has 4 nitrogen and oxygen atoms in total. The van der Waals surface area contributed by atoms with E-state index < -0.39 is 0 Å². The summed E-state index contributed by atoms with van der Waals surface area (Å²) in [5.74, 6) is 0. The Morgan fingerprint density at radius 3 is 3.00 bits per heavy atom. The highest BCUT2D eigenvalue weighted by Gasteiger charge is 2.29. The van der Waals surface area contributed by atoms with E-state index in [0.717, 1.165) is 19.5 Å². The van der Waals surface area contributed by atoms with Crippen molar-refractivity contribution in [3.8, 4) is 0 Å². The highest BCUT2D eigenvalue weighted by Crippen LogP contribution is 2.16. The van der Waals surface area contributed by atoms with Crippen LogP contribution in [-0.4, -0.2) is 24.7 Å². The maximum Gasteiger partial charge on any atom is 0.319 e. The number of benzene rings is 1. The van der Waals surface area contributed by atoms with E-state index >= 15 is 0 Å². The molecule has 2 rings (SSSR count). The molecule has 92 valence electrons. The van der Waals surface area contributed by atoms with Crippen molar-refractivity contribution < 1.29 is 4.79 Å². The van der Waals surface area contributed by atoms with E-state index in [4.69, 9.17) is 11.6 Å². The number of rotatable bonds is 2. The summed E-state index contributed by atoms with van der Waals surface area (Å²) in [6, 6.07) is 6.90. The van der Waals surface area contributed by atoms with Crippen LogP contribution in [0.15, 0.2) is 24.3 Å². The zero-order chi connectivity index (χ0) is 12.3. The normalized spacial score (nSPS) is 23.4. The Morgan fingerprint density at radius 1 is 1.53 bits per heavy atom. The average Bonchev–Trinajstić information content (AvgIpc) is 2.64. The minimum Gasteiger partial charge on any atom is -0.331 e. The number of amides is 2. The standard InChI is InChI=1S/C12H16ClN3O/c1-12(5-6-14-8-12)16-11(17)15-10-4-2-3-9(13)7-10/h2-4,7,14H,5-6,8H2,1H3,(H2,15,16,17). The number of urea groups is 1. The number of hydrogen-bond acceptors (Lipinski definition) is 2. The van der Waals surface area contributed by atoms with E-state index in [1.807, 2.05) is 6.92 Å². The number of anilines is 1. The minimum absolute atomic E-state index is 0.164. The molecule has 1 aliphatic heterocycles. The van der Waals surface area contributed by atoms with Crippen LogP contribution in [0.3, 0.4) is 0 Å². The smallest absolute Gasteiger partial charge is 0.319 e. The van der Waals surface area contributed by atoms with Gasteiger partial charge in [-0.1, -0.05) is 17.7 Å². The van der Waals surface area contributed by atoms with Crippen LogP contribution < -0.4 is 16.0 Å². The first-order valence-electron chi connectivity index (χ1n) is 5.63. The number of hydrogen-bond donors (Lipinski definition) is 3. The molecule has 0 saturated carbocycles. The molecular weight excluding hydrogens is 238 g/mol. The zero-order valence-corrected chi connectivity index (χ0v) is 10.5. The predicted molar refractivity (Wildman–Crippen MR) is 69.5 cm³/mol. The van der Waals surface area contributed by atoms with Crippen molar-refractivity contribution in [3.05, 3.63) is 29.3 Å². The predicted octanol–water partition coefficient (Wildman–Crippen LogP) is 2.21. The van der Waals surface area contributed by atoms with Crippen LogP contribution >= 0.6 is 11.6 Å². The highest BCUT2D eigenvalue weighted by molar-refractivity contribution is 6.30. The van der Waals surface area contributed by atoms with Crippen LogP contribution in [0.2, 0.25) is 5.02 Å². The molecule has 1 unspecified atom stereocenters. The van der Waals surface area contributed by atoms with Gasteiger partial charge in [0, 0.05) is 17.3 Å². The lowest BCUT2D eigenvalue weighted by molar-refractivity contribution is 0.241. The molecule has 0 bridgehead atoms. The Labute approximate surface area is 106 Å². The van der Waals surface area contributed by atoms with E-state index in [1.54, 1.807) is 24.3 Å². The van der Waals surface area contributed by atoms with Crippen molar-refractivity contribution in [3.63, 3.8) is 0 Å². The lowest BCUT2D eigenvalue weighted by atomic mass is 10.0. The molecule has 1 fully saturated rings. The van der Waals surface area contributed by atoms with Gasteiger partial charge in [-0.3, -0.25) is 0 Å². The van der Waals surface area contributed by atoms with Crippen LogP contribution in [0.4, 0.5) is 10.5 Å². The number of carbonyl (C=O) groups excluding carboxylic acids is 1. The molecule has 5 heteroatoms. The molecule has 0 aromatic heterocycles. The fourth-order valence-electron chi connectivity index (χ4n) is 1.93. The third-order valence-electron chi connectivity index (χ3n) is 2.87. The lowest BCUT2D eigenvalue weighted by Crippen LogP contribution is -2.49. The number of nitrogens with one attached hydrogen (secondary N) is 3. The van der Waals surface area contributed by atoms with Crippen molar-refractivity contribution in [2.75, 3.05) is 18.4 Å². The first-order valence-corrected chi connectivity index (χ1v) is 6.01. The lowest BCUT2D eigenvalue weighted by Gasteiger charge is -2.24. The molecule has 1 saturated heterocycles. The molecular formula is C12H16ClN3O. The molecule has 1 atom stereocenters. The third kappa shape index (κ3) is 3.35. The summed E-state index contributed by atoms with van der Waals surface area (Å²) in [7, 11) is 0. The number of halogens is 1. The Balaban J connectivity index is 1.93. The Hall–Kier alpha value is -1.26. The molecule has 17 heavy (non-hydrogen) atoms. The second-order valence-electron chi connectivity index (χ2n) is 4.58. The van der Waals surface area contributed by atoms with Gasteiger partial charge in [-0.05, 0) is 38.1 Å². The van der Waals surface area contributed by atoms with Gasteiger partial charge in [0.25, 0.3) is 0 Å². The maximum atomic E-state index is 11.8. The molecule has 1 aromatic rings. The van der Waals surface area contributed by atoms with Gasteiger partial charge < -0.3 is 16.0 Å². The van der Waals surface area contributed by atoms with Crippen molar-refractivity contribution in [1.82, 2.24) is 10.6 Å². The molecule has 0 aliphatic carbocycles. The largest absolute Gasteiger partial charge is 0.331 e. The molecule has 0 spiro atoms. The second-order valence-corrected chi connectivity index (χ2v) is 5.01. The highest BCUT2D eigenvalue weighted by atomic mass is 35.5. The van der Waals surface area contributed by atoms with Crippen LogP contribution in [0.5, 0.6) is 0 Å². The van der Waals surface area contributed by atoms with Gasteiger partial charge in [0.2, 0.25) is 0 Å².